The summed E-state index contributed by atoms with van der Waals surface area (Å²) in [6.45, 7) is 4.87. The molecule has 0 saturated heterocycles. The Hall–Kier alpha value is -2.95. The predicted molar refractivity (Wildman–Crippen MR) is 106 cm³/mol. The molecule has 2 aromatic heterocycles. The van der Waals surface area contributed by atoms with Crippen LogP contribution in [-0.4, -0.2) is 33.4 Å². The number of aryl methyl sites for hydroxylation is 2. The molecule has 7 nitrogen and oxygen atoms in total. The zero-order chi connectivity index (χ0) is 22.3. The molecule has 1 N–H and O–H groups in total. The topological polar surface area (TPSA) is 89.8 Å². The molecule has 30 heavy (non-hydrogen) atoms. The lowest BCUT2D eigenvalue weighted by atomic mass is 10.1. The third kappa shape index (κ3) is 4.30. The van der Waals surface area contributed by atoms with Crippen LogP contribution in [0, 0.1) is 6.92 Å². The number of halogens is 3. The summed E-state index contributed by atoms with van der Waals surface area (Å²) in [6.07, 6.45) is -1.20. The summed E-state index contributed by atoms with van der Waals surface area (Å²) in [5.41, 5.74) is -0.0102. The summed E-state index contributed by atoms with van der Waals surface area (Å²) in [7, 11) is -1.85. The van der Waals surface area contributed by atoms with Gasteiger partial charge in [0, 0.05) is 30.7 Å². The number of benzene rings is 1. The van der Waals surface area contributed by atoms with Crippen LogP contribution in [0.3, 0.4) is 0 Å². The fraction of sp³-hybridized carbons (Fsp3) is 0.316. The summed E-state index contributed by atoms with van der Waals surface area (Å²) in [5.74, 6) is -0.0515. The van der Waals surface area contributed by atoms with E-state index in [-0.39, 0.29) is 22.1 Å². The van der Waals surface area contributed by atoms with Crippen molar-refractivity contribution >= 4 is 21.5 Å². The maximum Gasteiger partial charge on any atom is 0.419 e. The highest BCUT2D eigenvalue weighted by Gasteiger charge is 2.35. The average Bonchev–Trinajstić information content (AvgIpc) is 3.08. The lowest BCUT2D eigenvalue weighted by Gasteiger charge is -2.14. The van der Waals surface area contributed by atoms with Crippen molar-refractivity contribution in [1.29, 1.82) is 0 Å². The Kier molecular flexibility index (Phi) is 5.59. The van der Waals surface area contributed by atoms with Gasteiger partial charge in [0.1, 0.15) is 5.56 Å². The zero-order valence-corrected chi connectivity index (χ0v) is 17.5. The van der Waals surface area contributed by atoms with E-state index in [2.05, 4.69) is 20.4 Å². The van der Waals surface area contributed by atoms with E-state index in [0.29, 0.717) is 17.4 Å². The molecule has 0 atom stereocenters. The molecule has 0 aliphatic heterocycles. The number of nitrogens with zero attached hydrogens (tertiary/aromatic N) is 4. The summed E-state index contributed by atoms with van der Waals surface area (Å²) >= 11 is 0. The molecule has 0 saturated carbocycles. The largest absolute Gasteiger partial charge is 0.419 e. The molecule has 0 spiro atoms. The van der Waals surface area contributed by atoms with Gasteiger partial charge in [-0.05, 0) is 44.5 Å². The monoisotopic (exact) mass is 439 g/mol. The van der Waals surface area contributed by atoms with Crippen LogP contribution >= 0.6 is 0 Å². The molecule has 0 aliphatic rings. The van der Waals surface area contributed by atoms with E-state index in [0.717, 1.165) is 0 Å². The fourth-order valence-corrected chi connectivity index (χ4v) is 3.90. The Morgan fingerprint density at radius 2 is 1.87 bits per heavy atom. The molecule has 2 heterocycles. The lowest BCUT2D eigenvalue weighted by molar-refractivity contribution is -0.137. The number of rotatable bonds is 5. The molecule has 0 unspecified atom stereocenters. The van der Waals surface area contributed by atoms with Crippen molar-refractivity contribution in [3.05, 3.63) is 47.9 Å². The summed E-state index contributed by atoms with van der Waals surface area (Å²) in [6, 6.07) is 4.48. The van der Waals surface area contributed by atoms with Gasteiger partial charge in [0.15, 0.2) is 9.84 Å². The molecule has 160 valence electrons. The molecule has 0 amide bonds. The first-order valence-electron chi connectivity index (χ1n) is 8.94. The summed E-state index contributed by atoms with van der Waals surface area (Å²) in [5, 5.41) is 6.19. The number of sulfone groups is 1. The van der Waals surface area contributed by atoms with Gasteiger partial charge in [0.05, 0.1) is 22.0 Å². The molecule has 3 aromatic rings. The van der Waals surface area contributed by atoms with Crippen molar-refractivity contribution in [2.45, 2.75) is 37.1 Å². The number of hydrogen-bond donors (Lipinski definition) is 1. The van der Waals surface area contributed by atoms with Crippen LogP contribution in [0.25, 0.3) is 11.3 Å². The van der Waals surface area contributed by atoms with Crippen molar-refractivity contribution in [2.75, 3.05) is 5.32 Å². The third-order valence-electron chi connectivity index (χ3n) is 4.47. The highest BCUT2D eigenvalue weighted by molar-refractivity contribution is 7.92. The van der Waals surface area contributed by atoms with E-state index in [1.807, 2.05) is 0 Å². The maximum absolute atomic E-state index is 13.4. The van der Waals surface area contributed by atoms with Gasteiger partial charge >= 0.3 is 6.18 Å². The molecule has 1 aromatic carbocycles. The van der Waals surface area contributed by atoms with Gasteiger partial charge < -0.3 is 5.32 Å². The first kappa shape index (κ1) is 21.8. The zero-order valence-electron chi connectivity index (χ0n) is 16.7. The minimum absolute atomic E-state index is 0.0515. The second-order valence-electron chi connectivity index (χ2n) is 7.05. The first-order valence-corrected chi connectivity index (χ1v) is 10.5. The molecular weight excluding hydrogens is 419 g/mol. The number of aromatic nitrogens is 4. The maximum atomic E-state index is 13.4. The van der Waals surface area contributed by atoms with Gasteiger partial charge in [-0.25, -0.2) is 18.4 Å². The lowest BCUT2D eigenvalue weighted by Crippen LogP contribution is -2.14. The van der Waals surface area contributed by atoms with Gasteiger partial charge in [-0.3, -0.25) is 4.68 Å². The molecule has 11 heteroatoms. The van der Waals surface area contributed by atoms with E-state index >= 15 is 0 Å². The highest BCUT2D eigenvalue weighted by Crippen LogP contribution is 2.36. The first-order chi connectivity index (χ1) is 13.9. The van der Waals surface area contributed by atoms with Gasteiger partial charge in [-0.15, -0.1) is 0 Å². The van der Waals surface area contributed by atoms with Crippen LogP contribution in [0.1, 0.15) is 25.0 Å². The smallest absolute Gasteiger partial charge is 0.324 e. The van der Waals surface area contributed by atoms with E-state index in [1.54, 1.807) is 27.8 Å². The average molecular weight is 439 g/mol. The standard InChI is InChI=1S/C19H20F3N5O2S/c1-11(2)30(28,29)14-5-6-16(12(3)7-14)25-18-23-9-15(19(20,21)22)17(26-18)13-8-24-27(4)10-13/h5-11H,1-4H3,(H,23,25,26). The number of hydrogen-bond acceptors (Lipinski definition) is 6. The number of nitrogens with one attached hydrogen (secondary N) is 1. The van der Waals surface area contributed by atoms with Crippen LogP contribution in [0.2, 0.25) is 0 Å². The van der Waals surface area contributed by atoms with Crippen molar-refractivity contribution in [3.63, 3.8) is 0 Å². The number of anilines is 2. The summed E-state index contributed by atoms with van der Waals surface area (Å²) in [4.78, 5) is 8.00. The summed E-state index contributed by atoms with van der Waals surface area (Å²) < 4.78 is 66.2. The van der Waals surface area contributed by atoms with E-state index < -0.39 is 26.8 Å². The Balaban J connectivity index is 2.00. The Bertz CT molecular complexity index is 1190. The van der Waals surface area contributed by atoms with Gasteiger partial charge in [0.2, 0.25) is 5.95 Å². The van der Waals surface area contributed by atoms with Crippen LogP contribution in [0.4, 0.5) is 24.8 Å². The van der Waals surface area contributed by atoms with E-state index in [1.165, 1.54) is 35.3 Å². The van der Waals surface area contributed by atoms with Crippen molar-refractivity contribution in [2.24, 2.45) is 7.05 Å². The Labute approximate surface area is 171 Å². The Morgan fingerprint density at radius 1 is 1.17 bits per heavy atom. The SMILES string of the molecule is Cc1cc(S(=O)(=O)C(C)C)ccc1Nc1ncc(C(F)(F)F)c(-c2cnn(C)c2)n1. The molecule has 0 radical (unpaired) electrons. The Morgan fingerprint density at radius 3 is 2.40 bits per heavy atom. The third-order valence-corrected chi connectivity index (χ3v) is 6.62. The molecule has 0 bridgehead atoms. The quantitative estimate of drug-likeness (QED) is 0.643. The minimum atomic E-state index is -4.63. The van der Waals surface area contributed by atoms with Crippen molar-refractivity contribution in [1.82, 2.24) is 19.7 Å². The van der Waals surface area contributed by atoms with Crippen LogP contribution in [0.15, 0.2) is 41.7 Å². The van der Waals surface area contributed by atoms with Crippen LogP contribution in [-0.2, 0) is 23.1 Å². The molecule has 3 rings (SSSR count). The second-order valence-corrected chi connectivity index (χ2v) is 9.56. The van der Waals surface area contributed by atoms with E-state index in [9.17, 15) is 21.6 Å². The van der Waals surface area contributed by atoms with E-state index in [4.69, 9.17) is 0 Å². The predicted octanol–water partition coefficient (Wildman–Crippen LogP) is 4.13. The minimum Gasteiger partial charge on any atom is -0.324 e. The molecule has 0 aliphatic carbocycles. The fourth-order valence-electron chi connectivity index (χ4n) is 2.76. The second kappa shape index (κ2) is 7.71. The van der Waals surface area contributed by atoms with Gasteiger partial charge in [-0.2, -0.15) is 18.3 Å². The normalized spacial score (nSPS) is 12.4. The highest BCUT2D eigenvalue weighted by atomic mass is 32.2. The molecular formula is C19H20F3N5O2S. The van der Waals surface area contributed by atoms with Crippen LogP contribution < -0.4 is 5.32 Å². The molecule has 0 fully saturated rings. The van der Waals surface area contributed by atoms with Crippen LogP contribution in [0.5, 0.6) is 0 Å². The van der Waals surface area contributed by atoms with Gasteiger partial charge in [-0.1, -0.05) is 0 Å². The van der Waals surface area contributed by atoms with Crippen molar-refractivity contribution < 1.29 is 21.6 Å². The van der Waals surface area contributed by atoms with Gasteiger partial charge in [0.25, 0.3) is 0 Å². The number of alkyl halides is 3. The van der Waals surface area contributed by atoms with Crippen molar-refractivity contribution in [3.8, 4) is 11.3 Å².